The number of unbranched alkanes of at least 4 members (excludes halogenated alkanes) is 4. The zero-order valence-electron chi connectivity index (χ0n) is 9.22. The molecule has 1 aromatic rings. The number of hydrogen-bond acceptors (Lipinski definition) is 3. The van der Waals surface area contributed by atoms with Crippen LogP contribution in [0.3, 0.4) is 0 Å². The molecule has 0 aliphatic heterocycles. The Labute approximate surface area is 96.2 Å². The SMILES string of the molecule is CCCCCCC=CSc1ncccn1. The van der Waals surface area contributed by atoms with E-state index in [1.54, 1.807) is 24.2 Å². The van der Waals surface area contributed by atoms with Crippen LogP contribution in [0, 0.1) is 0 Å². The van der Waals surface area contributed by atoms with Crippen molar-refractivity contribution in [3.8, 4) is 0 Å². The predicted molar refractivity (Wildman–Crippen MR) is 65.8 cm³/mol. The van der Waals surface area contributed by atoms with E-state index in [4.69, 9.17) is 0 Å². The molecule has 0 saturated heterocycles. The van der Waals surface area contributed by atoms with E-state index >= 15 is 0 Å². The number of aromatic nitrogens is 2. The van der Waals surface area contributed by atoms with Gasteiger partial charge in [-0.15, -0.1) is 0 Å². The molecule has 3 heteroatoms. The highest BCUT2D eigenvalue weighted by atomic mass is 32.2. The van der Waals surface area contributed by atoms with Gasteiger partial charge in [-0.3, -0.25) is 0 Å². The quantitative estimate of drug-likeness (QED) is 0.395. The molecule has 0 atom stereocenters. The molecule has 82 valence electrons. The molecular weight excluding hydrogens is 204 g/mol. The Morgan fingerprint density at radius 3 is 2.73 bits per heavy atom. The minimum absolute atomic E-state index is 0.822. The van der Waals surface area contributed by atoms with Crippen molar-refractivity contribution in [2.24, 2.45) is 0 Å². The van der Waals surface area contributed by atoms with E-state index in [9.17, 15) is 0 Å². The van der Waals surface area contributed by atoms with Crippen molar-refractivity contribution >= 4 is 11.8 Å². The van der Waals surface area contributed by atoms with E-state index in [0.29, 0.717) is 0 Å². The van der Waals surface area contributed by atoms with Gasteiger partial charge in [-0.2, -0.15) is 0 Å². The van der Waals surface area contributed by atoms with Gasteiger partial charge >= 0.3 is 0 Å². The van der Waals surface area contributed by atoms with Gasteiger partial charge in [0.05, 0.1) is 0 Å². The Morgan fingerprint density at radius 1 is 1.20 bits per heavy atom. The van der Waals surface area contributed by atoms with Gasteiger partial charge in [0.1, 0.15) is 0 Å². The molecular formula is C12H18N2S. The summed E-state index contributed by atoms with van der Waals surface area (Å²) < 4.78 is 0. The molecule has 0 unspecified atom stereocenters. The van der Waals surface area contributed by atoms with Crippen LogP contribution in [0.1, 0.15) is 39.0 Å². The average Bonchev–Trinajstić information content (AvgIpc) is 2.29. The molecule has 0 spiro atoms. The highest BCUT2D eigenvalue weighted by molar-refractivity contribution is 8.02. The summed E-state index contributed by atoms with van der Waals surface area (Å²) in [5.74, 6) is 0. The van der Waals surface area contributed by atoms with Gasteiger partial charge < -0.3 is 0 Å². The summed E-state index contributed by atoms with van der Waals surface area (Å²) in [6.45, 7) is 2.23. The topological polar surface area (TPSA) is 25.8 Å². The molecule has 2 nitrogen and oxygen atoms in total. The van der Waals surface area contributed by atoms with Gasteiger partial charge in [0, 0.05) is 12.4 Å². The van der Waals surface area contributed by atoms with Gasteiger partial charge in [-0.1, -0.05) is 44.0 Å². The first-order chi connectivity index (χ1) is 7.43. The minimum Gasteiger partial charge on any atom is -0.231 e. The van der Waals surface area contributed by atoms with Crippen LogP contribution in [0.25, 0.3) is 0 Å². The first-order valence-corrected chi connectivity index (χ1v) is 6.40. The molecule has 15 heavy (non-hydrogen) atoms. The lowest BCUT2D eigenvalue weighted by atomic mass is 10.2. The van der Waals surface area contributed by atoms with Crippen molar-refractivity contribution in [3.05, 3.63) is 29.9 Å². The number of hydrogen-bond donors (Lipinski definition) is 0. The van der Waals surface area contributed by atoms with Crippen LogP contribution >= 0.6 is 11.8 Å². The van der Waals surface area contributed by atoms with E-state index in [1.807, 2.05) is 6.07 Å². The Kier molecular flexibility index (Phi) is 6.92. The van der Waals surface area contributed by atoms with Gasteiger partial charge in [0.15, 0.2) is 5.16 Å². The smallest absolute Gasteiger partial charge is 0.191 e. The maximum absolute atomic E-state index is 4.13. The maximum atomic E-state index is 4.13. The molecule has 0 amide bonds. The summed E-state index contributed by atoms with van der Waals surface area (Å²) in [6, 6.07) is 1.83. The third-order valence-corrected chi connectivity index (χ3v) is 2.79. The van der Waals surface area contributed by atoms with E-state index in [0.717, 1.165) is 5.16 Å². The van der Waals surface area contributed by atoms with Crippen molar-refractivity contribution < 1.29 is 0 Å². The summed E-state index contributed by atoms with van der Waals surface area (Å²) >= 11 is 1.58. The summed E-state index contributed by atoms with van der Waals surface area (Å²) in [6.07, 6.45) is 12.2. The Bertz CT molecular complexity index is 272. The van der Waals surface area contributed by atoms with Crippen molar-refractivity contribution in [1.82, 2.24) is 9.97 Å². The van der Waals surface area contributed by atoms with Crippen LogP contribution in [0.5, 0.6) is 0 Å². The molecule has 0 radical (unpaired) electrons. The Balaban J connectivity index is 2.07. The Morgan fingerprint density at radius 2 is 2.00 bits per heavy atom. The van der Waals surface area contributed by atoms with Gasteiger partial charge in [-0.05, 0) is 24.3 Å². The van der Waals surface area contributed by atoms with Crippen LogP contribution < -0.4 is 0 Å². The number of thioether (sulfide) groups is 1. The third kappa shape index (κ3) is 6.28. The monoisotopic (exact) mass is 222 g/mol. The fourth-order valence-electron chi connectivity index (χ4n) is 1.21. The molecule has 0 aliphatic rings. The second-order valence-electron chi connectivity index (χ2n) is 3.37. The fraction of sp³-hybridized carbons (Fsp3) is 0.500. The molecule has 0 bridgehead atoms. The summed E-state index contributed by atoms with van der Waals surface area (Å²) in [4.78, 5) is 8.25. The van der Waals surface area contributed by atoms with Gasteiger partial charge in [0.25, 0.3) is 0 Å². The molecule has 0 N–H and O–H groups in total. The second kappa shape index (κ2) is 8.48. The lowest BCUT2D eigenvalue weighted by Gasteiger charge is -1.94. The highest BCUT2D eigenvalue weighted by Crippen LogP contribution is 2.13. The van der Waals surface area contributed by atoms with Crippen LogP contribution in [0.2, 0.25) is 0 Å². The fourth-order valence-corrected chi connectivity index (χ4v) is 1.81. The van der Waals surface area contributed by atoms with Crippen LogP contribution in [0.4, 0.5) is 0 Å². The third-order valence-electron chi connectivity index (χ3n) is 2.04. The van der Waals surface area contributed by atoms with Gasteiger partial charge in [-0.25, -0.2) is 9.97 Å². The van der Waals surface area contributed by atoms with E-state index in [-0.39, 0.29) is 0 Å². The van der Waals surface area contributed by atoms with Crippen molar-refractivity contribution in [1.29, 1.82) is 0 Å². The average molecular weight is 222 g/mol. The van der Waals surface area contributed by atoms with Crippen LogP contribution in [0.15, 0.2) is 35.1 Å². The van der Waals surface area contributed by atoms with Crippen LogP contribution in [-0.2, 0) is 0 Å². The molecule has 0 aromatic carbocycles. The zero-order valence-corrected chi connectivity index (χ0v) is 10.0. The van der Waals surface area contributed by atoms with Crippen molar-refractivity contribution in [3.63, 3.8) is 0 Å². The Hall–Kier alpha value is -0.830. The van der Waals surface area contributed by atoms with E-state index in [1.165, 1.54) is 32.1 Å². The molecule has 1 heterocycles. The summed E-state index contributed by atoms with van der Waals surface area (Å²) in [7, 11) is 0. The number of rotatable bonds is 7. The minimum atomic E-state index is 0.822. The lowest BCUT2D eigenvalue weighted by Crippen LogP contribution is -1.79. The van der Waals surface area contributed by atoms with Crippen molar-refractivity contribution in [2.75, 3.05) is 0 Å². The molecule has 0 saturated carbocycles. The van der Waals surface area contributed by atoms with Crippen LogP contribution in [-0.4, -0.2) is 9.97 Å². The second-order valence-corrected chi connectivity index (χ2v) is 4.24. The largest absolute Gasteiger partial charge is 0.231 e. The highest BCUT2D eigenvalue weighted by Gasteiger charge is 1.89. The van der Waals surface area contributed by atoms with Gasteiger partial charge in [0.2, 0.25) is 0 Å². The molecule has 0 fully saturated rings. The summed E-state index contributed by atoms with van der Waals surface area (Å²) in [5, 5.41) is 2.91. The lowest BCUT2D eigenvalue weighted by molar-refractivity contribution is 0.675. The first-order valence-electron chi connectivity index (χ1n) is 5.52. The normalized spacial score (nSPS) is 11.0. The first kappa shape index (κ1) is 12.2. The molecule has 1 aromatic heterocycles. The van der Waals surface area contributed by atoms with E-state index < -0.39 is 0 Å². The standard InChI is InChI=1S/C12H18N2S/c1-2-3-4-5-6-7-11-15-12-13-9-8-10-14-12/h7-11H,2-6H2,1H3. The summed E-state index contributed by atoms with van der Waals surface area (Å²) in [5.41, 5.74) is 0. The predicted octanol–water partition coefficient (Wildman–Crippen LogP) is 4.05. The zero-order chi connectivity index (χ0) is 10.8. The van der Waals surface area contributed by atoms with Crippen molar-refractivity contribution in [2.45, 2.75) is 44.2 Å². The number of nitrogens with zero attached hydrogens (tertiary/aromatic N) is 2. The molecule has 1 rings (SSSR count). The van der Waals surface area contributed by atoms with E-state index in [2.05, 4.69) is 28.4 Å². The number of allylic oxidation sites excluding steroid dienone is 1. The maximum Gasteiger partial charge on any atom is 0.191 e. The molecule has 0 aliphatic carbocycles.